The lowest BCUT2D eigenvalue weighted by atomic mass is 10.1. The lowest BCUT2D eigenvalue weighted by Gasteiger charge is -2.14. The van der Waals surface area contributed by atoms with Gasteiger partial charge < -0.3 is 10.6 Å². The zero-order valence-corrected chi connectivity index (χ0v) is 13.1. The summed E-state index contributed by atoms with van der Waals surface area (Å²) in [6.45, 7) is 2.18. The third-order valence-electron chi connectivity index (χ3n) is 3.10. The van der Waals surface area contributed by atoms with Crippen LogP contribution in [0.3, 0.4) is 0 Å². The number of para-hydroxylation sites is 1. The van der Waals surface area contributed by atoms with Gasteiger partial charge in [-0.2, -0.15) is 0 Å². The molecule has 2 rings (SSSR count). The zero-order valence-electron chi connectivity index (χ0n) is 11.6. The zero-order chi connectivity index (χ0) is 15.2. The Labute approximate surface area is 134 Å². The van der Waals surface area contributed by atoms with Crippen molar-refractivity contribution >= 4 is 34.8 Å². The Bertz CT molecular complexity index is 597. The molecule has 0 unspecified atom stereocenters. The topological polar surface area (TPSA) is 41.1 Å². The summed E-state index contributed by atoms with van der Waals surface area (Å²) in [5.41, 5.74) is 1.57. The van der Waals surface area contributed by atoms with Crippen LogP contribution in [0.2, 0.25) is 10.0 Å². The van der Waals surface area contributed by atoms with E-state index in [1.807, 2.05) is 37.3 Å². The molecule has 3 nitrogen and oxygen atoms in total. The first kappa shape index (κ1) is 15.8. The normalized spacial score (nSPS) is 12.0. The Hall–Kier alpha value is -1.55. The summed E-state index contributed by atoms with van der Waals surface area (Å²) >= 11 is 12.0. The van der Waals surface area contributed by atoms with E-state index in [4.69, 9.17) is 23.2 Å². The number of amides is 1. The van der Waals surface area contributed by atoms with Crippen LogP contribution in [0.5, 0.6) is 0 Å². The summed E-state index contributed by atoms with van der Waals surface area (Å²) < 4.78 is 0. The fourth-order valence-corrected chi connectivity index (χ4v) is 2.40. The summed E-state index contributed by atoms with van der Waals surface area (Å²) in [6.07, 6.45) is 0. The van der Waals surface area contributed by atoms with Crippen molar-refractivity contribution in [3.8, 4) is 0 Å². The Balaban J connectivity index is 1.91. The average Bonchev–Trinajstić information content (AvgIpc) is 2.49. The average molecular weight is 323 g/mol. The molecule has 0 heterocycles. The summed E-state index contributed by atoms with van der Waals surface area (Å²) in [5.74, 6) is -0.187. The number of anilines is 1. The molecule has 0 bridgehead atoms. The Morgan fingerprint density at radius 3 is 2.29 bits per heavy atom. The molecule has 110 valence electrons. The van der Waals surface area contributed by atoms with Gasteiger partial charge in [-0.05, 0) is 24.6 Å². The third kappa shape index (κ3) is 4.46. The minimum atomic E-state index is -0.187. The summed E-state index contributed by atoms with van der Waals surface area (Å²) in [6, 6.07) is 15.1. The highest BCUT2D eigenvalue weighted by Crippen LogP contribution is 2.29. The number of hydrogen-bond acceptors (Lipinski definition) is 2. The number of rotatable bonds is 5. The second-order valence-electron chi connectivity index (χ2n) is 4.66. The van der Waals surface area contributed by atoms with Crippen LogP contribution in [0, 0.1) is 0 Å². The molecular weight excluding hydrogens is 307 g/mol. The summed E-state index contributed by atoms with van der Waals surface area (Å²) in [7, 11) is 0. The van der Waals surface area contributed by atoms with E-state index in [1.165, 1.54) is 0 Å². The van der Waals surface area contributed by atoms with E-state index in [9.17, 15) is 4.79 Å². The van der Waals surface area contributed by atoms with Crippen LogP contribution in [0.1, 0.15) is 18.5 Å². The van der Waals surface area contributed by atoms with Crippen LogP contribution in [0.4, 0.5) is 5.69 Å². The second kappa shape index (κ2) is 7.46. The predicted molar refractivity (Wildman–Crippen MR) is 88.0 cm³/mol. The fraction of sp³-hybridized carbons (Fsp3) is 0.188. The van der Waals surface area contributed by atoms with Gasteiger partial charge in [-0.25, -0.2) is 0 Å². The molecule has 2 aromatic rings. The molecule has 1 atom stereocenters. The third-order valence-corrected chi connectivity index (χ3v) is 3.73. The van der Waals surface area contributed by atoms with Gasteiger partial charge in [0.15, 0.2) is 0 Å². The fourth-order valence-electron chi connectivity index (χ4n) is 1.91. The van der Waals surface area contributed by atoms with Crippen molar-refractivity contribution in [3.05, 3.63) is 64.1 Å². The van der Waals surface area contributed by atoms with Crippen molar-refractivity contribution < 1.29 is 4.79 Å². The number of nitrogens with one attached hydrogen (secondary N) is 2. The molecule has 2 aromatic carbocycles. The van der Waals surface area contributed by atoms with Gasteiger partial charge in [-0.15, -0.1) is 0 Å². The molecule has 0 saturated carbocycles. The second-order valence-corrected chi connectivity index (χ2v) is 5.47. The Morgan fingerprint density at radius 1 is 1.05 bits per heavy atom. The molecule has 21 heavy (non-hydrogen) atoms. The van der Waals surface area contributed by atoms with Crippen LogP contribution in [0.25, 0.3) is 0 Å². The van der Waals surface area contributed by atoms with E-state index < -0.39 is 0 Å². The lowest BCUT2D eigenvalue weighted by Crippen LogP contribution is -2.30. The molecule has 2 N–H and O–H groups in total. The standard InChI is InChI=1S/C16H16Cl2N2O/c1-11(12-6-3-2-4-7-12)19-10-15(21)20-16-13(17)8-5-9-14(16)18/h2-9,11,19H,10H2,1H3,(H,20,21)/t11-/m0/s1. The summed E-state index contributed by atoms with van der Waals surface area (Å²) in [5, 5.41) is 6.73. The lowest BCUT2D eigenvalue weighted by molar-refractivity contribution is -0.115. The van der Waals surface area contributed by atoms with Gasteiger partial charge >= 0.3 is 0 Å². The minimum absolute atomic E-state index is 0.0821. The Morgan fingerprint density at radius 2 is 1.67 bits per heavy atom. The molecule has 0 radical (unpaired) electrons. The van der Waals surface area contributed by atoms with Crippen LogP contribution in [-0.4, -0.2) is 12.5 Å². The van der Waals surface area contributed by atoms with Gasteiger partial charge in [0.1, 0.15) is 0 Å². The maximum atomic E-state index is 12.0. The SMILES string of the molecule is C[C@H](NCC(=O)Nc1c(Cl)cccc1Cl)c1ccccc1. The van der Waals surface area contributed by atoms with Crippen LogP contribution >= 0.6 is 23.2 Å². The van der Waals surface area contributed by atoms with Crippen LogP contribution in [-0.2, 0) is 4.79 Å². The van der Waals surface area contributed by atoms with Gasteiger partial charge in [0.05, 0.1) is 22.3 Å². The monoisotopic (exact) mass is 322 g/mol. The molecule has 5 heteroatoms. The number of carbonyl (C=O) groups excluding carboxylic acids is 1. The van der Waals surface area contributed by atoms with Crippen molar-refractivity contribution in [2.45, 2.75) is 13.0 Å². The van der Waals surface area contributed by atoms with E-state index >= 15 is 0 Å². The molecule has 0 aromatic heterocycles. The minimum Gasteiger partial charge on any atom is -0.322 e. The highest BCUT2D eigenvalue weighted by Gasteiger charge is 2.11. The van der Waals surface area contributed by atoms with Crippen molar-refractivity contribution in [1.29, 1.82) is 0 Å². The first-order chi connectivity index (χ1) is 10.1. The molecule has 0 aliphatic heterocycles. The quantitative estimate of drug-likeness (QED) is 0.862. The van der Waals surface area contributed by atoms with E-state index in [0.717, 1.165) is 5.56 Å². The van der Waals surface area contributed by atoms with Crippen LogP contribution in [0.15, 0.2) is 48.5 Å². The van der Waals surface area contributed by atoms with Gasteiger partial charge in [0.2, 0.25) is 5.91 Å². The molecule has 0 aliphatic carbocycles. The van der Waals surface area contributed by atoms with Crippen molar-refractivity contribution in [2.24, 2.45) is 0 Å². The highest BCUT2D eigenvalue weighted by molar-refractivity contribution is 6.39. The van der Waals surface area contributed by atoms with E-state index in [0.29, 0.717) is 15.7 Å². The first-order valence-corrected chi connectivity index (χ1v) is 7.35. The smallest absolute Gasteiger partial charge is 0.238 e. The van der Waals surface area contributed by atoms with Gasteiger partial charge in [0.25, 0.3) is 0 Å². The van der Waals surface area contributed by atoms with Crippen molar-refractivity contribution in [3.63, 3.8) is 0 Å². The number of benzene rings is 2. The maximum absolute atomic E-state index is 12.0. The largest absolute Gasteiger partial charge is 0.322 e. The van der Waals surface area contributed by atoms with Gasteiger partial charge in [0, 0.05) is 6.04 Å². The van der Waals surface area contributed by atoms with E-state index in [2.05, 4.69) is 10.6 Å². The Kier molecular flexibility index (Phi) is 5.62. The van der Waals surface area contributed by atoms with Gasteiger partial charge in [-0.3, -0.25) is 4.79 Å². The van der Waals surface area contributed by atoms with Gasteiger partial charge in [-0.1, -0.05) is 59.6 Å². The van der Waals surface area contributed by atoms with Crippen molar-refractivity contribution in [1.82, 2.24) is 5.32 Å². The number of halogens is 2. The molecule has 0 saturated heterocycles. The molecule has 0 aliphatic rings. The van der Waals surface area contributed by atoms with E-state index in [1.54, 1.807) is 18.2 Å². The molecule has 1 amide bonds. The molecule has 0 fully saturated rings. The molecule has 0 spiro atoms. The van der Waals surface area contributed by atoms with Crippen molar-refractivity contribution in [2.75, 3.05) is 11.9 Å². The number of hydrogen-bond donors (Lipinski definition) is 2. The summed E-state index contributed by atoms with van der Waals surface area (Å²) in [4.78, 5) is 12.0. The highest BCUT2D eigenvalue weighted by atomic mass is 35.5. The maximum Gasteiger partial charge on any atom is 0.238 e. The number of carbonyl (C=O) groups is 1. The van der Waals surface area contributed by atoms with Crippen LogP contribution < -0.4 is 10.6 Å². The van der Waals surface area contributed by atoms with E-state index in [-0.39, 0.29) is 18.5 Å². The predicted octanol–water partition coefficient (Wildman–Crippen LogP) is 4.28. The first-order valence-electron chi connectivity index (χ1n) is 6.60. The molecular formula is C16H16Cl2N2O.